The molecule has 25 heavy (non-hydrogen) atoms. The molecule has 3 rings (SSSR count). The summed E-state index contributed by atoms with van der Waals surface area (Å²) in [4.78, 5) is 17.5. The number of rotatable bonds is 4. The van der Waals surface area contributed by atoms with E-state index in [0.29, 0.717) is 11.7 Å². The first kappa shape index (κ1) is 16.7. The SMILES string of the molecule is COc1cccc([C@H](C)N2C(n3cccn3)=NC=C(C(N)=O)C2O)c1. The number of aliphatic hydroxyl groups excluding tert-OH is 1. The molecule has 0 spiro atoms. The fourth-order valence-electron chi connectivity index (χ4n) is 2.72. The Morgan fingerprint density at radius 1 is 1.40 bits per heavy atom. The molecule has 0 fully saturated rings. The third-order valence-corrected chi connectivity index (χ3v) is 4.08. The van der Waals surface area contributed by atoms with E-state index >= 15 is 0 Å². The number of carbonyl (C=O) groups is 1. The predicted molar refractivity (Wildman–Crippen MR) is 91.6 cm³/mol. The Hall–Kier alpha value is -3.13. The smallest absolute Gasteiger partial charge is 0.250 e. The highest BCUT2D eigenvalue weighted by Gasteiger charge is 2.34. The van der Waals surface area contributed by atoms with Crippen LogP contribution in [0.3, 0.4) is 0 Å². The first-order chi connectivity index (χ1) is 12.0. The minimum Gasteiger partial charge on any atom is -0.497 e. The van der Waals surface area contributed by atoms with E-state index in [9.17, 15) is 9.90 Å². The van der Waals surface area contributed by atoms with Crippen molar-refractivity contribution >= 4 is 11.9 Å². The highest BCUT2D eigenvalue weighted by molar-refractivity contribution is 5.96. The molecule has 2 atom stereocenters. The summed E-state index contributed by atoms with van der Waals surface area (Å²) in [5.41, 5.74) is 6.26. The summed E-state index contributed by atoms with van der Waals surface area (Å²) in [5.74, 6) is 0.357. The largest absolute Gasteiger partial charge is 0.497 e. The standard InChI is InChI=1S/C17H19N5O3/c1-11(12-5-3-6-13(9-12)25-2)22-16(24)14(15(18)23)10-19-17(22)21-8-4-7-20-21/h3-11,16,24H,1-2H3,(H2,18,23)/t11-,16?/m0/s1. The van der Waals surface area contributed by atoms with Crippen LogP contribution in [0, 0.1) is 0 Å². The quantitative estimate of drug-likeness (QED) is 0.858. The van der Waals surface area contributed by atoms with E-state index in [-0.39, 0.29) is 11.6 Å². The number of aliphatic hydroxyl groups is 1. The molecule has 130 valence electrons. The maximum Gasteiger partial charge on any atom is 0.250 e. The summed E-state index contributed by atoms with van der Waals surface area (Å²) >= 11 is 0. The summed E-state index contributed by atoms with van der Waals surface area (Å²) in [5, 5.41) is 14.9. The van der Waals surface area contributed by atoms with Gasteiger partial charge in [-0.25, -0.2) is 9.67 Å². The van der Waals surface area contributed by atoms with Crippen molar-refractivity contribution in [1.82, 2.24) is 14.7 Å². The molecule has 0 aliphatic carbocycles. The molecule has 8 heteroatoms. The molecule has 1 aliphatic heterocycles. The van der Waals surface area contributed by atoms with E-state index in [0.717, 1.165) is 5.56 Å². The molecule has 0 saturated heterocycles. The number of nitrogens with zero attached hydrogens (tertiary/aromatic N) is 4. The molecule has 0 saturated carbocycles. The van der Waals surface area contributed by atoms with E-state index in [1.54, 1.807) is 30.5 Å². The van der Waals surface area contributed by atoms with Crippen LogP contribution in [0.4, 0.5) is 0 Å². The molecular formula is C17H19N5O3. The summed E-state index contributed by atoms with van der Waals surface area (Å²) in [6, 6.07) is 8.88. The lowest BCUT2D eigenvalue weighted by Gasteiger charge is -2.38. The van der Waals surface area contributed by atoms with Gasteiger partial charge in [-0.05, 0) is 30.7 Å². The lowest BCUT2D eigenvalue weighted by Crippen LogP contribution is -2.49. The van der Waals surface area contributed by atoms with Gasteiger partial charge in [0.25, 0.3) is 5.91 Å². The Kier molecular flexibility index (Phi) is 4.53. The summed E-state index contributed by atoms with van der Waals surface area (Å²) in [6.45, 7) is 1.89. The van der Waals surface area contributed by atoms with Crippen molar-refractivity contribution in [2.75, 3.05) is 7.11 Å². The van der Waals surface area contributed by atoms with Crippen LogP contribution >= 0.6 is 0 Å². The topological polar surface area (TPSA) is 106 Å². The first-order valence-corrected chi connectivity index (χ1v) is 7.71. The third-order valence-electron chi connectivity index (χ3n) is 4.08. The lowest BCUT2D eigenvalue weighted by molar-refractivity contribution is -0.116. The fraction of sp³-hybridized carbons (Fsp3) is 0.235. The number of ether oxygens (including phenoxy) is 1. The van der Waals surface area contributed by atoms with Gasteiger partial charge in [0.15, 0.2) is 6.23 Å². The van der Waals surface area contributed by atoms with Crippen LogP contribution < -0.4 is 10.5 Å². The molecule has 1 aromatic heterocycles. The van der Waals surface area contributed by atoms with E-state index < -0.39 is 12.1 Å². The van der Waals surface area contributed by atoms with Crippen LogP contribution in [0.5, 0.6) is 5.75 Å². The number of aliphatic imine (C=N–C) groups is 1. The van der Waals surface area contributed by atoms with Crippen LogP contribution in [0.15, 0.2) is 59.5 Å². The number of hydrogen-bond acceptors (Lipinski definition) is 6. The van der Waals surface area contributed by atoms with E-state index in [4.69, 9.17) is 10.5 Å². The number of amides is 1. The molecule has 3 N–H and O–H groups in total. The number of nitrogens with two attached hydrogens (primary N) is 1. The van der Waals surface area contributed by atoms with Crippen molar-refractivity contribution in [3.63, 3.8) is 0 Å². The highest BCUT2D eigenvalue weighted by Crippen LogP contribution is 2.29. The van der Waals surface area contributed by atoms with Gasteiger partial charge in [0.1, 0.15) is 5.75 Å². The van der Waals surface area contributed by atoms with Gasteiger partial charge in [-0.3, -0.25) is 4.79 Å². The normalized spacial score (nSPS) is 18.4. The molecule has 0 radical (unpaired) electrons. The summed E-state index contributed by atoms with van der Waals surface area (Å²) in [6.07, 6.45) is 3.35. The van der Waals surface area contributed by atoms with Gasteiger partial charge >= 0.3 is 0 Å². The number of benzene rings is 1. The molecule has 2 heterocycles. The molecule has 8 nitrogen and oxygen atoms in total. The van der Waals surface area contributed by atoms with Crippen molar-refractivity contribution in [2.45, 2.75) is 19.2 Å². The maximum atomic E-state index is 11.6. The first-order valence-electron chi connectivity index (χ1n) is 7.71. The van der Waals surface area contributed by atoms with Crippen molar-refractivity contribution in [3.8, 4) is 5.75 Å². The van der Waals surface area contributed by atoms with Crippen LogP contribution in [0.2, 0.25) is 0 Å². The minimum absolute atomic E-state index is 0.0191. The van der Waals surface area contributed by atoms with Gasteiger partial charge < -0.3 is 20.5 Å². The summed E-state index contributed by atoms with van der Waals surface area (Å²) < 4.78 is 6.79. The predicted octanol–water partition coefficient (Wildman–Crippen LogP) is 0.860. The number of methoxy groups -OCH3 is 1. The van der Waals surface area contributed by atoms with Crippen LogP contribution in [-0.2, 0) is 4.79 Å². The lowest BCUT2D eigenvalue weighted by atomic mass is 10.0. The number of primary amides is 1. The van der Waals surface area contributed by atoms with Gasteiger partial charge in [0.05, 0.1) is 18.7 Å². The second kappa shape index (κ2) is 6.78. The molecular weight excluding hydrogens is 322 g/mol. The van der Waals surface area contributed by atoms with E-state index in [1.165, 1.54) is 10.9 Å². The number of carbonyl (C=O) groups excluding carboxylic acids is 1. The van der Waals surface area contributed by atoms with Gasteiger partial charge in [0, 0.05) is 18.6 Å². The molecule has 1 amide bonds. The average molecular weight is 341 g/mol. The fourth-order valence-corrected chi connectivity index (χ4v) is 2.72. The molecule has 0 bridgehead atoms. The Bertz CT molecular complexity index is 829. The van der Waals surface area contributed by atoms with Gasteiger partial charge in [0.2, 0.25) is 5.96 Å². The average Bonchev–Trinajstić information content (AvgIpc) is 3.15. The monoisotopic (exact) mass is 341 g/mol. The second-order valence-corrected chi connectivity index (χ2v) is 5.56. The Morgan fingerprint density at radius 3 is 2.84 bits per heavy atom. The Labute approximate surface area is 144 Å². The zero-order valence-corrected chi connectivity index (χ0v) is 13.9. The van der Waals surface area contributed by atoms with Crippen molar-refractivity contribution < 1.29 is 14.6 Å². The summed E-state index contributed by atoms with van der Waals surface area (Å²) in [7, 11) is 1.59. The van der Waals surface area contributed by atoms with E-state index in [1.807, 2.05) is 31.2 Å². The highest BCUT2D eigenvalue weighted by atomic mass is 16.5. The maximum absolute atomic E-state index is 11.6. The Morgan fingerprint density at radius 2 is 2.20 bits per heavy atom. The van der Waals surface area contributed by atoms with Gasteiger partial charge in [-0.1, -0.05) is 12.1 Å². The number of hydrogen-bond donors (Lipinski definition) is 2. The van der Waals surface area contributed by atoms with Crippen LogP contribution in [0.25, 0.3) is 0 Å². The zero-order valence-electron chi connectivity index (χ0n) is 13.9. The zero-order chi connectivity index (χ0) is 18.0. The molecule has 2 aromatic rings. The van der Waals surface area contributed by atoms with Crippen molar-refractivity contribution in [1.29, 1.82) is 0 Å². The molecule has 1 unspecified atom stereocenters. The van der Waals surface area contributed by atoms with Crippen molar-refractivity contribution in [2.24, 2.45) is 10.7 Å². The Balaban J connectivity index is 2.05. The number of aromatic nitrogens is 2. The van der Waals surface area contributed by atoms with E-state index in [2.05, 4.69) is 10.1 Å². The van der Waals surface area contributed by atoms with Crippen LogP contribution in [-0.4, -0.2) is 45.0 Å². The third kappa shape index (κ3) is 3.11. The second-order valence-electron chi connectivity index (χ2n) is 5.56. The van der Waals surface area contributed by atoms with Crippen molar-refractivity contribution in [3.05, 3.63) is 60.1 Å². The van der Waals surface area contributed by atoms with Gasteiger partial charge in [-0.2, -0.15) is 5.10 Å². The van der Waals surface area contributed by atoms with Gasteiger partial charge in [-0.15, -0.1) is 0 Å². The molecule has 1 aliphatic rings. The molecule has 1 aromatic carbocycles. The van der Waals surface area contributed by atoms with Crippen LogP contribution in [0.1, 0.15) is 18.5 Å². The minimum atomic E-state index is -1.24.